The van der Waals surface area contributed by atoms with E-state index in [-0.39, 0.29) is 6.04 Å². The summed E-state index contributed by atoms with van der Waals surface area (Å²) in [4.78, 5) is 4.33. The van der Waals surface area contributed by atoms with Crippen molar-refractivity contribution < 1.29 is 4.74 Å². The molecule has 0 aromatic carbocycles. The fourth-order valence-corrected chi connectivity index (χ4v) is 1.52. The van der Waals surface area contributed by atoms with Crippen LogP contribution in [0.25, 0.3) is 0 Å². The van der Waals surface area contributed by atoms with Gasteiger partial charge in [-0.3, -0.25) is 0 Å². The average Bonchev–Trinajstić information content (AvgIpc) is 2.72. The van der Waals surface area contributed by atoms with Crippen molar-refractivity contribution in [3.63, 3.8) is 0 Å². The van der Waals surface area contributed by atoms with Crippen LogP contribution in [0.2, 0.25) is 0 Å². The Bertz CT molecular complexity index is 286. The normalized spacial score (nSPS) is 12.9. The van der Waals surface area contributed by atoms with E-state index in [1.807, 2.05) is 12.4 Å². The molecule has 1 aromatic heterocycles. The topological polar surface area (TPSA) is 53.1 Å². The quantitative estimate of drug-likeness (QED) is 0.684. The molecule has 0 spiro atoms. The Morgan fingerprint density at radius 1 is 1.44 bits per heavy atom. The van der Waals surface area contributed by atoms with Crippen LogP contribution in [0, 0.1) is 0 Å². The summed E-state index contributed by atoms with van der Waals surface area (Å²) in [6, 6.07) is 0.206. The molecule has 4 heteroatoms. The molecule has 92 valence electrons. The molecule has 0 radical (unpaired) electrons. The fraction of sp³-hybridized carbons (Fsp3) is 0.750. The lowest BCUT2D eigenvalue weighted by Gasteiger charge is -2.11. The van der Waals surface area contributed by atoms with Gasteiger partial charge in [0.1, 0.15) is 5.82 Å². The van der Waals surface area contributed by atoms with Crippen molar-refractivity contribution in [1.82, 2.24) is 9.55 Å². The highest BCUT2D eigenvalue weighted by atomic mass is 16.5. The zero-order chi connectivity index (χ0) is 11.8. The fourth-order valence-electron chi connectivity index (χ4n) is 1.52. The minimum Gasteiger partial charge on any atom is -0.380 e. The SMILES string of the molecule is CCCOCCn1ccnc1CC(N)CC. The van der Waals surface area contributed by atoms with Gasteiger partial charge in [0, 0.05) is 38.0 Å². The molecule has 0 saturated carbocycles. The summed E-state index contributed by atoms with van der Waals surface area (Å²) in [6.07, 6.45) is 6.72. The summed E-state index contributed by atoms with van der Waals surface area (Å²) in [5.74, 6) is 1.06. The van der Waals surface area contributed by atoms with Crippen LogP contribution in [0.4, 0.5) is 0 Å². The number of hydrogen-bond acceptors (Lipinski definition) is 3. The van der Waals surface area contributed by atoms with Gasteiger partial charge in [0.2, 0.25) is 0 Å². The second-order valence-corrected chi connectivity index (χ2v) is 4.02. The first kappa shape index (κ1) is 13.2. The smallest absolute Gasteiger partial charge is 0.110 e. The molecule has 2 N–H and O–H groups in total. The summed E-state index contributed by atoms with van der Waals surface area (Å²) >= 11 is 0. The monoisotopic (exact) mass is 225 g/mol. The van der Waals surface area contributed by atoms with Crippen molar-refractivity contribution in [2.45, 2.75) is 45.7 Å². The Morgan fingerprint density at radius 3 is 2.94 bits per heavy atom. The van der Waals surface area contributed by atoms with E-state index in [4.69, 9.17) is 10.5 Å². The molecule has 0 bridgehead atoms. The Labute approximate surface area is 97.8 Å². The van der Waals surface area contributed by atoms with Crippen LogP contribution < -0.4 is 5.73 Å². The molecule has 0 saturated heterocycles. The number of ether oxygens (including phenoxy) is 1. The average molecular weight is 225 g/mol. The highest BCUT2D eigenvalue weighted by molar-refractivity contribution is 4.94. The molecule has 4 nitrogen and oxygen atoms in total. The van der Waals surface area contributed by atoms with Crippen LogP contribution in [-0.4, -0.2) is 28.8 Å². The van der Waals surface area contributed by atoms with Gasteiger partial charge in [-0.05, 0) is 12.8 Å². The van der Waals surface area contributed by atoms with Gasteiger partial charge in [-0.25, -0.2) is 4.98 Å². The molecule has 0 amide bonds. The van der Waals surface area contributed by atoms with Crippen molar-refractivity contribution in [3.05, 3.63) is 18.2 Å². The lowest BCUT2D eigenvalue weighted by molar-refractivity contribution is 0.126. The van der Waals surface area contributed by atoms with E-state index in [0.29, 0.717) is 0 Å². The van der Waals surface area contributed by atoms with E-state index < -0.39 is 0 Å². The van der Waals surface area contributed by atoms with Gasteiger partial charge >= 0.3 is 0 Å². The maximum Gasteiger partial charge on any atom is 0.110 e. The molecule has 16 heavy (non-hydrogen) atoms. The third-order valence-electron chi connectivity index (χ3n) is 2.60. The van der Waals surface area contributed by atoms with Gasteiger partial charge in [-0.15, -0.1) is 0 Å². The molecule has 1 heterocycles. The molecule has 1 rings (SSSR count). The van der Waals surface area contributed by atoms with Crippen molar-refractivity contribution in [3.8, 4) is 0 Å². The maximum absolute atomic E-state index is 5.92. The van der Waals surface area contributed by atoms with Gasteiger partial charge in [-0.1, -0.05) is 13.8 Å². The molecule has 0 aliphatic carbocycles. The summed E-state index contributed by atoms with van der Waals surface area (Å²) in [6.45, 7) is 6.66. The predicted molar refractivity (Wildman–Crippen MR) is 65.3 cm³/mol. The molecule has 1 atom stereocenters. The Hall–Kier alpha value is -0.870. The standard InChI is InChI=1S/C12H23N3O/c1-3-8-16-9-7-15-6-5-14-12(15)10-11(13)4-2/h5-6,11H,3-4,7-10,13H2,1-2H3. The largest absolute Gasteiger partial charge is 0.380 e. The van der Waals surface area contributed by atoms with E-state index in [1.165, 1.54) is 0 Å². The number of nitrogens with zero attached hydrogens (tertiary/aromatic N) is 2. The van der Waals surface area contributed by atoms with Gasteiger partial charge in [0.25, 0.3) is 0 Å². The Kier molecular flexibility index (Phi) is 6.11. The summed E-state index contributed by atoms with van der Waals surface area (Å²) in [5.41, 5.74) is 5.92. The number of rotatable bonds is 8. The van der Waals surface area contributed by atoms with Crippen molar-refractivity contribution >= 4 is 0 Å². The molecule has 0 aliphatic rings. The number of hydrogen-bond donors (Lipinski definition) is 1. The molecule has 0 aliphatic heterocycles. The van der Waals surface area contributed by atoms with E-state index in [2.05, 4.69) is 23.4 Å². The van der Waals surface area contributed by atoms with Gasteiger partial charge in [-0.2, -0.15) is 0 Å². The van der Waals surface area contributed by atoms with Crippen molar-refractivity contribution in [1.29, 1.82) is 0 Å². The van der Waals surface area contributed by atoms with Gasteiger partial charge in [0.15, 0.2) is 0 Å². The van der Waals surface area contributed by atoms with Crippen LogP contribution in [0.3, 0.4) is 0 Å². The first-order valence-electron chi connectivity index (χ1n) is 6.11. The highest BCUT2D eigenvalue weighted by Gasteiger charge is 2.07. The number of imidazole rings is 1. The third-order valence-corrected chi connectivity index (χ3v) is 2.60. The van der Waals surface area contributed by atoms with Crippen molar-refractivity contribution in [2.75, 3.05) is 13.2 Å². The second kappa shape index (κ2) is 7.41. The van der Waals surface area contributed by atoms with Gasteiger partial charge in [0.05, 0.1) is 6.61 Å². The summed E-state index contributed by atoms with van der Waals surface area (Å²) < 4.78 is 7.59. The zero-order valence-electron chi connectivity index (χ0n) is 10.4. The minimum atomic E-state index is 0.206. The lowest BCUT2D eigenvalue weighted by Crippen LogP contribution is -2.24. The summed E-state index contributed by atoms with van der Waals surface area (Å²) in [7, 11) is 0. The van der Waals surface area contributed by atoms with Crippen LogP contribution in [0.15, 0.2) is 12.4 Å². The Balaban J connectivity index is 2.38. The maximum atomic E-state index is 5.92. The number of nitrogens with two attached hydrogens (primary N) is 1. The number of aromatic nitrogens is 2. The second-order valence-electron chi connectivity index (χ2n) is 4.02. The van der Waals surface area contributed by atoms with Crippen LogP contribution >= 0.6 is 0 Å². The third kappa shape index (κ3) is 4.33. The minimum absolute atomic E-state index is 0.206. The lowest BCUT2D eigenvalue weighted by atomic mass is 10.1. The zero-order valence-corrected chi connectivity index (χ0v) is 10.4. The predicted octanol–water partition coefficient (Wildman–Crippen LogP) is 1.59. The van der Waals surface area contributed by atoms with Crippen LogP contribution in [0.1, 0.15) is 32.5 Å². The first-order valence-corrected chi connectivity index (χ1v) is 6.11. The van der Waals surface area contributed by atoms with Gasteiger partial charge < -0.3 is 15.0 Å². The molecular weight excluding hydrogens is 202 g/mol. The first-order chi connectivity index (χ1) is 7.77. The molecular formula is C12H23N3O. The summed E-state index contributed by atoms with van der Waals surface area (Å²) in [5, 5.41) is 0. The van der Waals surface area contributed by atoms with Crippen LogP contribution in [-0.2, 0) is 17.7 Å². The van der Waals surface area contributed by atoms with E-state index in [1.54, 1.807) is 0 Å². The highest BCUT2D eigenvalue weighted by Crippen LogP contribution is 2.03. The Morgan fingerprint density at radius 2 is 2.25 bits per heavy atom. The van der Waals surface area contributed by atoms with Crippen LogP contribution in [0.5, 0.6) is 0 Å². The molecule has 1 unspecified atom stereocenters. The molecule has 0 fully saturated rings. The van der Waals surface area contributed by atoms with E-state index in [9.17, 15) is 0 Å². The molecule has 1 aromatic rings. The van der Waals surface area contributed by atoms with E-state index >= 15 is 0 Å². The van der Waals surface area contributed by atoms with Crippen molar-refractivity contribution in [2.24, 2.45) is 5.73 Å². The van der Waals surface area contributed by atoms with E-state index in [0.717, 1.165) is 44.8 Å².